The second kappa shape index (κ2) is 6.09. The maximum Gasteiger partial charge on any atom is 0.330 e. The second-order valence-electron chi connectivity index (χ2n) is 5.26. The molecule has 2 heterocycles. The molecule has 0 spiro atoms. The average molecular weight is 292 g/mol. The van der Waals surface area contributed by atoms with Crippen molar-refractivity contribution in [1.82, 2.24) is 19.4 Å². The number of hydrogen-bond acceptors (Lipinski definition) is 4. The van der Waals surface area contributed by atoms with Crippen molar-refractivity contribution in [3.63, 3.8) is 0 Å². The Labute approximate surface area is 122 Å². The molecule has 7 heteroatoms. The molecule has 1 aromatic rings. The molecule has 21 heavy (non-hydrogen) atoms. The molecule has 0 radical (unpaired) electrons. The van der Waals surface area contributed by atoms with Gasteiger partial charge in [0.25, 0.3) is 5.56 Å². The van der Waals surface area contributed by atoms with Gasteiger partial charge in [0.05, 0.1) is 5.56 Å². The van der Waals surface area contributed by atoms with E-state index in [1.54, 1.807) is 11.9 Å². The highest BCUT2D eigenvalue weighted by molar-refractivity contribution is 5.92. The van der Waals surface area contributed by atoms with Gasteiger partial charge in [-0.2, -0.15) is 0 Å². The molecule has 1 aliphatic heterocycles. The number of carbonyl (C=O) groups is 1. The summed E-state index contributed by atoms with van der Waals surface area (Å²) in [5, 5.41) is 3.21. The smallest absolute Gasteiger partial charge is 0.330 e. The minimum atomic E-state index is -0.407. The molecule has 0 aromatic carbocycles. The molecule has 1 fully saturated rings. The minimum Gasteiger partial charge on any atom is -0.334 e. The first-order chi connectivity index (χ1) is 9.91. The maximum atomic E-state index is 12.2. The third-order valence-corrected chi connectivity index (χ3v) is 3.66. The van der Waals surface area contributed by atoms with Crippen LogP contribution in [0.4, 0.5) is 0 Å². The van der Waals surface area contributed by atoms with Gasteiger partial charge in [0.2, 0.25) is 5.91 Å². The first kappa shape index (κ1) is 15.2. The molecule has 114 valence electrons. The Morgan fingerprint density at radius 3 is 2.76 bits per heavy atom. The van der Waals surface area contributed by atoms with Crippen LogP contribution in [0.25, 0.3) is 6.08 Å². The van der Waals surface area contributed by atoms with Gasteiger partial charge in [-0.25, -0.2) is 4.79 Å². The Bertz CT molecular complexity index is 686. The van der Waals surface area contributed by atoms with Crippen LogP contribution in [0.5, 0.6) is 0 Å². The number of carbonyl (C=O) groups excluding carboxylic acids is 1. The molecule has 1 atom stereocenters. The first-order valence-corrected chi connectivity index (χ1v) is 6.88. The number of aryl methyl sites for hydroxylation is 1. The van der Waals surface area contributed by atoms with Crippen LogP contribution in [0.15, 0.2) is 21.9 Å². The predicted molar refractivity (Wildman–Crippen MR) is 80.0 cm³/mol. The molecule has 7 nitrogen and oxygen atoms in total. The molecule has 0 bridgehead atoms. The lowest BCUT2D eigenvalue weighted by atomic mass is 10.2. The van der Waals surface area contributed by atoms with Crippen molar-refractivity contribution >= 4 is 12.0 Å². The highest BCUT2D eigenvalue weighted by Crippen LogP contribution is 2.04. The molecule has 1 aromatic heterocycles. The highest BCUT2D eigenvalue weighted by atomic mass is 16.2. The molecule has 1 unspecified atom stereocenters. The van der Waals surface area contributed by atoms with Crippen molar-refractivity contribution in [3.05, 3.63) is 38.7 Å². The van der Waals surface area contributed by atoms with Crippen molar-refractivity contribution in [2.75, 3.05) is 19.6 Å². The molecule has 0 saturated carbocycles. The lowest BCUT2D eigenvalue weighted by Crippen LogP contribution is -2.51. The van der Waals surface area contributed by atoms with Crippen LogP contribution in [0.2, 0.25) is 0 Å². The molecular formula is C14H20N4O3. The number of aromatic nitrogens is 2. The molecule has 1 aliphatic rings. The normalized spacial score (nSPS) is 19.2. The molecule has 0 aliphatic carbocycles. The molecule has 1 amide bonds. The third-order valence-electron chi connectivity index (χ3n) is 3.66. The fourth-order valence-corrected chi connectivity index (χ4v) is 2.38. The number of piperazine rings is 1. The van der Waals surface area contributed by atoms with E-state index >= 15 is 0 Å². The Hall–Kier alpha value is -2.15. The first-order valence-electron chi connectivity index (χ1n) is 6.88. The van der Waals surface area contributed by atoms with Crippen LogP contribution >= 0.6 is 0 Å². The standard InChI is InChI=1S/C14H20N4O3/c1-10-8-15-6-7-18(10)12(19)5-4-11-9-16(2)14(21)17(3)13(11)20/h4-5,9-10,15H,6-8H2,1-3H3. The van der Waals surface area contributed by atoms with Crippen molar-refractivity contribution < 1.29 is 4.79 Å². The zero-order chi connectivity index (χ0) is 15.6. The van der Waals surface area contributed by atoms with Crippen LogP contribution in [0, 0.1) is 0 Å². The summed E-state index contributed by atoms with van der Waals surface area (Å²) < 4.78 is 2.34. The van der Waals surface area contributed by atoms with Crippen molar-refractivity contribution in [2.45, 2.75) is 13.0 Å². The minimum absolute atomic E-state index is 0.124. The lowest BCUT2D eigenvalue weighted by molar-refractivity contribution is -0.128. The Morgan fingerprint density at radius 1 is 1.38 bits per heavy atom. The van der Waals surface area contributed by atoms with Crippen molar-refractivity contribution in [2.24, 2.45) is 14.1 Å². The largest absolute Gasteiger partial charge is 0.334 e. The van der Waals surface area contributed by atoms with Gasteiger partial charge in [-0.1, -0.05) is 0 Å². The summed E-state index contributed by atoms with van der Waals surface area (Å²) in [6.07, 6.45) is 4.30. The summed E-state index contributed by atoms with van der Waals surface area (Å²) in [7, 11) is 2.99. The third kappa shape index (κ3) is 3.13. The topological polar surface area (TPSA) is 76.3 Å². The maximum absolute atomic E-state index is 12.2. The number of nitrogens with one attached hydrogen (secondary N) is 1. The van der Waals surface area contributed by atoms with Gasteiger partial charge in [-0.05, 0) is 13.0 Å². The van der Waals surface area contributed by atoms with Crippen molar-refractivity contribution in [1.29, 1.82) is 0 Å². The van der Waals surface area contributed by atoms with E-state index in [4.69, 9.17) is 0 Å². The second-order valence-corrected chi connectivity index (χ2v) is 5.26. The monoisotopic (exact) mass is 292 g/mol. The Morgan fingerprint density at radius 2 is 2.10 bits per heavy atom. The van der Waals surface area contributed by atoms with E-state index in [2.05, 4.69) is 5.32 Å². The van der Waals surface area contributed by atoms with Crippen LogP contribution in [-0.4, -0.2) is 45.6 Å². The molecule has 2 rings (SSSR count). The quantitative estimate of drug-likeness (QED) is 0.703. The number of amides is 1. The fraction of sp³-hybridized carbons (Fsp3) is 0.500. The van der Waals surface area contributed by atoms with E-state index in [9.17, 15) is 14.4 Å². The zero-order valence-corrected chi connectivity index (χ0v) is 12.5. The van der Waals surface area contributed by atoms with Crippen molar-refractivity contribution in [3.8, 4) is 0 Å². The molecular weight excluding hydrogens is 272 g/mol. The highest BCUT2D eigenvalue weighted by Gasteiger charge is 2.20. The summed E-state index contributed by atoms with van der Waals surface area (Å²) >= 11 is 0. The van der Waals surface area contributed by atoms with E-state index < -0.39 is 5.56 Å². The van der Waals surface area contributed by atoms with Gasteiger partial charge in [0.15, 0.2) is 0 Å². The van der Waals surface area contributed by atoms with Crippen LogP contribution in [0.3, 0.4) is 0 Å². The fourth-order valence-electron chi connectivity index (χ4n) is 2.38. The zero-order valence-electron chi connectivity index (χ0n) is 12.5. The summed E-state index contributed by atoms with van der Waals surface area (Å²) in [6, 6.07) is 0.124. The predicted octanol–water partition coefficient (Wildman–Crippen LogP) is -1.08. The summed E-state index contributed by atoms with van der Waals surface area (Å²) in [5.74, 6) is -0.125. The van der Waals surface area contributed by atoms with E-state index in [-0.39, 0.29) is 17.6 Å². The van der Waals surface area contributed by atoms with Crippen LogP contribution in [-0.2, 0) is 18.9 Å². The van der Waals surface area contributed by atoms with E-state index in [0.717, 1.165) is 17.7 Å². The summed E-state index contributed by atoms with van der Waals surface area (Å²) in [5.41, 5.74) is -0.481. The van der Waals surface area contributed by atoms with E-state index in [1.165, 1.54) is 30.0 Å². The molecule has 1 N–H and O–H groups in total. The lowest BCUT2D eigenvalue weighted by Gasteiger charge is -2.33. The van der Waals surface area contributed by atoms with Crippen LogP contribution in [0.1, 0.15) is 12.5 Å². The number of rotatable bonds is 2. The van der Waals surface area contributed by atoms with Gasteiger partial charge >= 0.3 is 5.69 Å². The van der Waals surface area contributed by atoms with Gasteiger partial charge < -0.3 is 14.8 Å². The van der Waals surface area contributed by atoms with Gasteiger partial charge in [-0.3, -0.25) is 14.2 Å². The van der Waals surface area contributed by atoms with Gasteiger partial charge in [0.1, 0.15) is 0 Å². The summed E-state index contributed by atoms with van der Waals surface area (Å²) in [6.45, 7) is 4.16. The SMILES string of the molecule is CC1CNCCN1C(=O)C=Cc1cn(C)c(=O)n(C)c1=O. The molecule has 1 saturated heterocycles. The Balaban J connectivity index is 2.24. The van der Waals surface area contributed by atoms with Gasteiger partial charge in [-0.15, -0.1) is 0 Å². The van der Waals surface area contributed by atoms with E-state index in [0.29, 0.717) is 12.1 Å². The average Bonchev–Trinajstić information content (AvgIpc) is 2.47. The summed E-state index contributed by atoms with van der Waals surface area (Å²) in [4.78, 5) is 37.5. The number of nitrogens with zero attached hydrogens (tertiary/aromatic N) is 3. The van der Waals surface area contributed by atoms with Gasteiger partial charge in [0, 0.05) is 52.0 Å². The van der Waals surface area contributed by atoms with E-state index in [1.807, 2.05) is 6.92 Å². The number of hydrogen-bond donors (Lipinski definition) is 1. The Kier molecular flexibility index (Phi) is 4.42. The van der Waals surface area contributed by atoms with Crippen LogP contribution < -0.4 is 16.6 Å².